The lowest BCUT2D eigenvalue weighted by molar-refractivity contribution is 0.104. The standard InChI is InChI=1S/C18H17ClO4/c1-21-16-8-5-12(10-14(16)19)4-7-15(20)13-6-9-17(22-2)18(11-13)23-3/h4-11H,1-3H3/b7-4+. The Labute approximate surface area is 140 Å². The second kappa shape index (κ2) is 7.70. The Balaban J connectivity index is 2.19. The molecule has 2 rings (SSSR count). The van der Waals surface area contributed by atoms with Gasteiger partial charge < -0.3 is 14.2 Å². The van der Waals surface area contributed by atoms with E-state index < -0.39 is 0 Å². The minimum absolute atomic E-state index is 0.141. The molecule has 0 amide bonds. The van der Waals surface area contributed by atoms with Crippen molar-refractivity contribution in [2.45, 2.75) is 0 Å². The van der Waals surface area contributed by atoms with E-state index in [1.807, 2.05) is 6.07 Å². The van der Waals surface area contributed by atoms with Crippen LogP contribution in [-0.4, -0.2) is 27.1 Å². The Hall–Kier alpha value is -2.46. The SMILES string of the molecule is COc1ccc(/C=C/C(=O)c2ccc(OC)c(OC)c2)cc1Cl. The predicted molar refractivity (Wildman–Crippen MR) is 90.9 cm³/mol. The average Bonchev–Trinajstić information content (AvgIpc) is 2.59. The van der Waals surface area contributed by atoms with Gasteiger partial charge in [-0.05, 0) is 42.0 Å². The number of allylic oxidation sites excluding steroid dienone is 1. The fraction of sp³-hybridized carbons (Fsp3) is 0.167. The molecule has 4 nitrogen and oxygen atoms in total. The highest BCUT2D eigenvalue weighted by atomic mass is 35.5. The molecule has 2 aromatic carbocycles. The van der Waals surface area contributed by atoms with E-state index >= 15 is 0 Å². The summed E-state index contributed by atoms with van der Waals surface area (Å²) in [7, 11) is 4.63. The zero-order chi connectivity index (χ0) is 16.8. The van der Waals surface area contributed by atoms with Gasteiger partial charge in [0, 0.05) is 5.56 Å². The molecule has 0 spiro atoms. The van der Waals surface area contributed by atoms with Crippen LogP contribution in [0.5, 0.6) is 17.2 Å². The summed E-state index contributed by atoms with van der Waals surface area (Å²) in [5, 5.41) is 0.494. The number of benzene rings is 2. The minimum Gasteiger partial charge on any atom is -0.495 e. The normalized spacial score (nSPS) is 10.6. The number of carbonyl (C=O) groups excluding carboxylic acids is 1. The predicted octanol–water partition coefficient (Wildman–Crippen LogP) is 4.26. The van der Waals surface area contributed by atoms with Crippen LogP contribution >= 0.6 is 11.6 Å². The van der Waals surface area contributed by atoms with Crippen LogP contribution < -0.4 is 14.2 Å². The van der Waals surface area contributed by atoms with Crippen LogP contribution in [0.2, 0.25) is 5.02 Å². The third-order valence-electron chi connectivity index (χ3n) is 3.27. The molecule has 0 atom stereocenters. The van der Waals surface area contributed by atoms with Crippen LogP contribution in [0.25, 0.3) is 6.08 Å². The highest BCUT2D eigenvalue weighted by molar-refractivity contribution is 6.32. The van der Waals surface area contributed by atoms with Gasteiger partial charge in [-0.2, -0.15) is 0 Å². The molecule has 0 aliphatic heterocycles. The Morgan fingerprint density at radius 1 is 0.913 bits per heavy atom. The fourth-order valence-corrected chi connectivity index (χ4v) is 2.31. The number of ketones is 1. The first-order chi connectivity index (χ1) is 11.1. The summed E-state index contributed by atoms with van der Waals surface area (Å²) in [6.45, 7) is 0. The van der Waals surface area contributed by atoms with Crippen molar-refractivity contribution in [2.75, 3.05) is 21.3 Å². The molecule has 2 aromatic rings. The van der Waals surface area contributed by atoms with Crippen LogP contribution in [0.15, 0.2) is 42.5 Å². The molecule has 0 aliphatic carbocycles. The number of hydrogen-bond acceptors (Lipinski definition) is 4. The van der Waals surface area contributed by atoms with Crippen LogP contribution in [0.1, 0.15) is 15.9 Å². The topological polar surface area (TPSA) is 44.8 Å². The van der Waals surface area contributed by atoms with Crippen molar-refractivity contribution in [3.63, 3.8) is 0 Å². The number of methoxy groups -OCH3 is 3. The maximum absolute atomic E-state index is 12.3. The molecule has 0 N–H and O–H groups in total. The van der Waals surface area contributed by atoms with E-state index in [1.54, 1.807) is 50.6 Å². The molecule has 0 bridgehead atoms. The van der Waals surface area contributed by atoms with Gasteiger partial charge in [-0.1, -0.05) is 23.7 Å². The summed E-state index contributed by atoms with van der Waals surface area (Å²) in [5.41, 5.74) is 1.32. The van der Waals surface area contributed by atoms with Gasteiger partial charge >= 0.3 is 0 Å². The number of rotatable bonds is 6. The van der Waals surface area contributed by atoms with Gasteiger partial charge in [0.2, 0.25) is 0 Å². The fourth-order valence-electron chi connectivity index (χ4n) is 2.04. The maximum Gasteiger partial charge on any atom is 0.185 e. The third kappa shape index (κ3) is 4.05. The Morgan fingerprint density at radius 2 is 1.57 bits per heavy atom. The minimum atomic E-state index is -0.141. The summed E-state index contributed by atoms with van der Waals surface area (Å²) in [5.74, 6) is 1.54. The monoisotopic (exact) mass is 332 g/mol. The van der Waals surface area contributed by atoms with Crippen LogP contribution in [0.3, 0.4) is 0 Å². The molecule has 0 unspecified atom stereocenters. The van der Waals surface area contributed by atoms with E-state index in [9.17, 15) is 4.79 Å². The van der Waals surface area contributed by atoms with Crippen molar-refractivity contribution in [1.82, 2.24) is 0 Å². The van der Waals surface area contributed by atoms with E-state index in [0.717, 1.165) is 5.56 Å². The van der Waals surface area contributed by atoms with Crippen LogP contribution in [0, 0.1) is 0 Å². The summed E-state index contributed by atoms with van der Waals surface area (Å²) in [6, 6.07) is 10.3. The lowest BCUT2D eigenvalue weighted by Gasteiger charge is -2.08. The summed E-state index contributed by atoms with van der Waals surface area (Å²) >= 11 is 6.06. The first-order valence-electron chi connectivity index (χ1n) is 6.87. The second-order valence-corrected chi connectivity index (χ2v) is 5.07. The third-order valence-corrected chi connectivity index (χ3v) is 3.57. The molecule has 0 aliphatic rings. The van der Waals surface area contributed by atoms with Gasteiger partial charge in [0.05, 0.1) is 26.4 Å². The number of halogens is 1. The lowest BCUT2D eigenvalue weighted by Crippen LogP contribution is -1.97. The van der Waals surface area contributed by atoms with Crippen LogP contribution in [-0.2, 0) is 0 Å². The largest absolute Gasteiger partial charge is 0.495 e. The molecule has 0 saturated heterocycles. The molecule has 0 aromatic heterocycles. The van der Waals surface area contributed by atoms with Crippen molar-refractivity contribution in [3.05, 3.63) is 58.6 Å². The van der Waals surface area contributed by atoms with Gasteiger partial charge in [-0.3, -0.25) is 4.79 Å². The molecule has 120 valence electrons. The van der Waals surface area contributed by atoms with Gasteiger partial charge in [0.1, 0.15) is 5.75 Å². The van der Waals surface area contributed by atoms with Crippen molar-refractivity contribution in [3.8, 4) is 17.2 Å². The Bertz CT molecular complexity index is 738. The van der Waals surface area contributed by atoms with E-state index in [4.69, 9.17) is 25.8 Å². The van der Waals surface area contributed by atoms with Crippen molar-refractivity contribution in [1.29, 1.82) is 0 Å². The van der Waals surface area contributed by atoms with E-state index in [1.165, 1.54) is 13.2 Å². The maximum atomic E-state index is 12.3. The van der Waals surface area contributed by atoms with Crippen molar-refractivity contribution < 1.29 is 19.0 Å². The number of ether oxygens (including phenoxy) is 3. The van der Waals surface area contributed by atoms with E-state index in [0.29, 0.717) is 27.8 Å². The molecule has 0 fully saturated rings. The summed E-state index contributed by atoms with van der Waals surface area (Å²) in [6.07, 6.45) is 3.18. The number of carbonyl (C=O) groups is 1. The smallest absolute Gasteiger partial charge is 0.185 e. The average molecular weight is 333 g/mol. The lowest BCUT2D eigenvalue weighted by atomic mass is 10.1. The van der Waals surface area contributed by atoms with E-state index in [-0.39, 0.29) is 5.78 Å². The first kappa shape index (κ1) is 16.9. The summed E-state index contributed by atoms with van der Waals surface area (Å²) < 4.78 is 15.4. The molecular weight excluding hydrogens is 316 g/mol. The van der Waals surface area contributed by atoms with Gasteiger partial charge in [0.15, 0.2) is 17.3 Å². The number of hydrogen-bond donors (Lipinski definition) is 0. The Kier molecular flexibility index (Phi) is 5.66. The molecule has 23 heavy (non-hydrogen) atoms. The molecule has 0 radical (unpaired) electrons. The van der Waals surface area contributed by atoms with Crippen LogP contribution in [0.4, 0.5) is 0 Å². The molecule has 0 saturated carbocycles. The first-order valence-corrected chi connectivity index (χ1v) is 7.24. The van der Waals surface area contributed by atoms with E-state index in [2.05, 4.69) is 0 Å². The Morgan fingerprint density at radius 3 is 2.17 bits per heavy atom. The molecular formula is C18H17ClO4. The molecule has 5 heteroatoms. The quantitative estimate of drug-likeness (QED) is 0.585. The van der Waals surface area contributed by atoms with Gasteiger partial charge in [-0.25, -0.2) is 0 Å². The molecule has 0 heterocycles. The second-order valence-electron chi connectivity index (χ2n) is 4.66. The zero-order valence-electron chi connectivity index (χ0n) is 13.1. The highest BCUT2D eigenvalue weighted by Gasteiger charge is 2.08. The van der Waals surface area contributed by atoms with Gasteiger partial charge in [0.25, 0.3) is 0 Å². The van der Waals surface area contributed by atoms with Crippen molar-refractivity contribution >= 4 is 23.5 Å². The van der Waals surface area contributed by atoms with Crippen molar-refractivity contribution in [2.24, 2.45) is 0 Å². The zero-order valence-corrected chi connectivity index (χ0v) is 13.9. The van der Waals surface area contributed by atoms with Gasteiger partial charge in [-0.15, -0.1) is 0 Å². The summed E-state index contributed by atoms with van der Waals surface area (Å²) in [4.78, 5) is 12.3. The highest BCUT2D eigenvalue weighted by Crippen LogP contribution is 2.28.